The Kier molecular flexibility index (Phi) is 8.93. The molecule has 0 saturated carbocycles. The number of nitrogens with zero attached hydrogens (tertiary/aromatic N) is 1. The van der Waals surface area contributed by atoms with Crippen LogP contribution >= 0.6 is 0 Å². The van der Waals surface area contributed by atoms with Gasteiger partial charge < -0.3 is 19.5 Å². The Labute approximate surface area is 202 Å². The number of esters is 1. The monoisotopic (exact) mass is 468 g/mol. The van der Waals surface area contributed by atoms with Gasteiger partial charge in [0.15, 0.2) is 11.5 Å². The lowest BCUT2D eigenvalue weighted by Crippen LogP contribution is -2.41. The molecule has 3 rings (SSSR count). The van der Waals surface area contributed by atoms with E-state index in [9.17, 15) is 9.59 Å². The Morgan fingerprint density at radius 3 is 2.41 bits per heavy atom. The molecule has 184 valence electrons. The number of anilines is 1. The molecule has 0 bridgehead atoms. The number of hydrogen-bond acceptors (Lipinski definition) is 6. The minimum atomic E-state index is -0.290. The molecule has 0 unspecified atom stereocenters. The van der Waals surface area contributed by atoms with Crippen molar-refractivity contribution in [3.63, 3.8) is 0 Å². The largest absolute Gasteiger partial charge is 0.490 e. The van der Waals surface area contributed by atoms with Crippen molar-refractivity contribution < 1.29 is 23.8 Å². The maximum Gasteiger partial charge on any atom is 0.307 e. The van der Waals surface area contributed by atoms with Crippen LogP contribution in [0.1, 0.15) is 55.5 Å². The van der Waals surface area contributed by atoms with E-state index in [0.29, 0.717) is 37.9 Å². The summed E-state index contributed by atoms with van der Waals surface area (Å²) in [6.45, 7) is 11.9. The fourth-order valence-electron chi connectivity index (χ4n) is 4.36. The number of fused-ring (bicyclic) bond motifs is 1. The average Bonchev–Trinajstić information content (AvgIpc) is 2.79. The molecule has 2 aromatic carbocycles. The highest BCUT2D eigenvalue weighted by Crippen LogP contribution is 2.40. The summed E-state index contributed by atoms with van der Waals surface area (Å²) in [5, 5.41) is 3.04. The maximum atomic E-state index is 13.0. The summed E-state index contributed by atoms with van der Waals surface area (Å²) in [7, 11) is 0. The van der Waals surface area contributed by atoms with Crippen LogP contribution < -0.4 is 14.8 Å². The smallest absolute Gasteiger partial charge is 0.307 e. The van der Waals surface area contributed by atoms with Crippen LogP contribution in [0.2, 0.25) is 0 Å². The fourth-order valence-corrected chi connectivity index (χ4v) is 4.36. The molecule has 1 heterocycles. The molecule has 7 nitrogen and oxygen atoms in total. The van der Waals surface area contributed by atoms with E-state index >= 15 is 0 Å². The second-order valence-corrected chi connectivity index (χ2v) is 8.40. The standard InChI is InChI=1S/C27H36N2O5/c1-6-32-24-14-20-12-13-29(17-26(30)28-22-11-9-10-18(4)19(22)5)23(16-27(31)34-8-3)21(20)15-25(24)33-7-2/h9-11,14-15,23H,6-8,12-13,16-17H2,1-5H3,(H,28,30)/t23-/m0/s1. The number of amides is 1. The van der Waals surface area contributed by atoms with Gasteiger partial charge >= 0.3 is 5.97 Å². The highest BCUT2D eigenvalue weighted by molar-refractivity contribution is 5.93. The number of nitrogens with one attached hydrogen (secondary N) is 1. The van der Waals surface area contributed by atoms with E-state index in [1.165, 1.54) is 0 Å². The number of carbonyl (C=O) groups is 2. The van der Waals surface area contributed by atoms with E-state index < -0.39 is 0 Å². The number of hydrogen-bond donors (Lipinski definition) is 1. The Hall–Kier alpha value is -3.06. The molecule has 1 N–H and O–H groups in total. The third kappa shape index (κ3) is 6.08. The lowest BCUT2D eigenvalue weighted by atomic mass is 9.90. The number of rotatable bonds is 10. The molecule has 0 aliphatic carbocycles. The predicted molar refractivity (Wildman–Crippen MR) is 133 cm³/mol. The summed E-state index contributed by atoms with van der Waals surface area (Å²) < 4.78 is 16.9. The number of aryl methyl sites for hydroxylation is 1. The van der Waals surface area contributed by atoms with Gasteiger partial charge in [-0.3, -0.25) is 14.5 Å². The van der Waals surface area contributed by atoms with E-state index in [2.05, 4.69) is 10.2 Å². The molecule has 0 aromatic heterocycles. The van der Waals surface area contributed by atoms with Gasteiger partial charge in [0.25, 0.3) is 0 Å². The Balaban J connectivity index is 1.88. The Bertz CT molecular complexity index is 1020. The number of ether oxygens (including phenoxy) is 3. The van der Waals surface area contributed by atoms with Crippen LogP contribution in [0.25, 0.3) is 0 Å². The van der Waals surface area contributed by atoms with Crippen LogP contribution in [0, 0.1) is 13.8 Å². The summed E-state index contributed by atoms with van der Waals surface area (Å²) in [4.78, 5) is 27.6. The quantitative estimate of drug-likeness (QED) is 0.514. The van der Waals surface area contributed by atoms with Gasteiger partial charge in [0, 0.05) is 18.3 Å². The molecular formula is C27H36N2O5. The van der Waals surface area contributed by atoms with Crippen LogP contribution in [-0.2, 0) is 20.7 Å². The van der Waals surface area contributed by atoms with Crippen LogP contribution in [0.3, 0.4) is 0 Å². The molecule has 1 aliphatic heterocycles. The van der Waals surface area contributed by atoms with Gasteiger partial charge in [-0.2, -0.15) is 0 Å². The highest BCUT2D eigenvalue weighted by Gasteiger charge is 2.32. The first kappa shape index (κ1) is 25.6. The summed E-state index contributed by atoms with van der Waals surface area (Å²) in [5.41, 5.74) is 5.06. The Morgan fingerprint density at radius 1 is 1.03 bits per heavy atom. The zero-order valence-corrected chi connectivity index (χ0v) is 20.9. The van der Waals surface area contributed by atoms with Crippen molar-refractivity contribution in [2.75, 3.05) is 38.2 Å². The molecule has 34 heavy (non-hydrogen) atoms. The second kappa shape index (κ2) is 11.9. The molecule has 0 spiro atoms. The van der Waals surface area contributed by atoms with Crippen molar-refractivity contribution >= 4 is 17.6 Å². The third-order valence-corrected chi connectivity index (χ3v) is 6.16. The van der Waals surface area contributed by atoms with E-state index in [-0.39, 0.29) is 30.9 Å². The van der Waals surface area contributed by atoms with Crippen molar-refractivity contribution in [3.05, 3.63) is 52.6 Å². The minimum Gasteiger partial charge on any atom is -0.490 e. The van der Waals surface area contributed by atoms with Crippen LogP contribution in [0.4, 0.5) is 5.69 Å². The highest BCUT2D eigenvalue weighted by atomic mass is 16.5. The zero-order valence-electron chi connectivity index (χ0n) is 20.9. The van der Waals surface area contributed by atoms with Crippen molar-refractivity contribution in [1.82, 2.24) is 4.90 Å². The zero-order chi connectivity index (χ0) is 24.7. The van der Waals surface area contributed by atoms with Crippen LogP contribution in [0.15, 0.2) is 30.3 Å². The van der Waals surface area contributed by atoms with Gasteiger partial charge in [0.1, 0.15) is 0 Å². The fraction of sp³-hybridized carbons (Fsp3) is 0.481. The summed E-state index contributed by atoms with van der Waals surface area (Å²) in [6, 6.07) is 9.55. The first-order valence-electron chi connectivity index (χ1n) is 12.1. The van der Waals surface area contributed by atoms with Gasteiger partial charge in [-0.15, -0.1) is 0 Å². The second-order valence-electron chi connectivity index (χ2n) is 8.40. The van der Waals surface area contributed by atoms with Crippen molar-refractivity contribution in [3.8, 4) is 11.5 Å². The predicted octanol–water partition coefficient (Wildman–Crippen LogP) is 4.59. The first-order valence-corrected chi connectivity index (χ1v) is 12.1. The van der Waals surface area contributed by atoms with Crippen molar-refractivity contribution in [1.29, 1.82) is 0 Å². The molecule has 1 aliphatic rings. The minimum absolute atomic E-state index is 0.109. The lowest BCUT2D eigenvalue weighted by Gasteiger charge is -2.37. The summed E-state index contributed by atoms with van der Waals surface area (Å²) in [5.74, 6) is 0.965. The topological polar surface area (TPSA) is 77.1 Å². The van der Waals surface area contributed by atoms with Gasteiger partial charge in [0.05, 0.1) is 32.8 Å². The van der Waals surface area contributed by atoms with Gasteiger partial charge in [-0.25, -0.2) is 0 Å². The maximum absolute atomic E-state index is 13.0. The molecule has 1 amide bonds. The van der Waals surface area contributed by atoms with Gasteiger partial charge in [0.2, 0.25) is 5.91 Å². The Morgan fingerprint density at radius 2 is 1.74 bits per heavy atom. The van der Waals surface area contributed by atoms with E-state index in [1.807, 2.05) is 58.0 Å². The lowest BCUT2D eigenvalue weighted by molar-refractivity contribution is -0.145. The van der Waals surface area contributed by atoms with Crippen molar-refractivity contribution in [2.45, 2.75) is 53.5 Å². The molecule has 0 radical (unpaired) electrons. The summed E-state index contributed by atoms with van der Waals surface area (Å²) >= 11 is 0. The van der Waals surface area contributed by atoms with E-state index in [1.54, 1.807) is 6.92 Å². The normalized spacial score (nSPS) is 15.4. The van der Waals surface area contributed by atoms with E-state index in [0.717, 1.165) is 34.4 Å². The van der Waals surface area contributed by atoms with E-state index in [4.69, 9.17) is 14.2 Å². The van der Waals surface area contributed by atoms with Crippen LogP contribution in [-0.4, -0.2) is 49.7 Å². The number of benzene rings is 2. The molecular weight excluding hydrogens is 432 g/mol. The third-order valence-electron chi connectivity index (χ3n) is 6.16. The average molecular weight is 469 g/mol. The first-order chi connectivity index (χ1) is 16.4. The molecule has 2 aromatic rings. The van der Waals surface area contributed by atoms with Crippen LogP contribution in [0.5, 0.6) is 11.5 Å². The number of carbonyl (C=O) groups excluding carboxylic acids is 2. The van der Waals surface area contributed by atoms with Gasteiger partial charge in [-0.1, -0.05) is 12.1 Å². The molecule has 7 heteroatoms. The summed E-state index contributed by atoms with van der Waals surface area (Å²) in [6.07, 6.45) is 0.912. The van der Waals surface area contributed by atoms with Crippen molar-refractivity contribution in [2.24, 2.45) is 0 Å². The molecule has 1 atom stereocenters. The molecule has 0 fully saturated rings. The van der Waals surface area contributed by atoms with Gasteiger partial charge in [-0.05, 0) is 81.5 Å². The molecule has 0 saturated heterocycles. The SMILES string of the molecule is CCOC(=O)C[C@H]1c2cc(OCC)c(OCC)cc2CCN1CC(=O)Nc1cccc(C)c1C.